The molecule has 0 saturated carbocycles. The molecule has 2 amide bonds. The first-order chi connectivity index (χ1) is 16.3. The van der Waals surface area contributed by atoms with E-state index in [1.165, 1.54) is 22.2 Å². The third kappa shape index (κ3) is 4.27. The van der Waals surface area contributed by atoms with Crippen molar-refractivity contribution in [2.45, 2.75) is 52.4 Å². The fourth-order valence-electron chi connectivity index (χ4n) is 5.57. The molecular weight excluding hydrogens is 456 g/mol. The van der Waals surface area contributed by atoms with E-state index in [1.54, 1.807) is 11.8 Å². The fourth-order valence-corrected chi connectivity index (χ4v) is 6.68. The molecule has 0 N–H and O–H groups in total. The first-order valence-corrected chi connectivity index (χ1v) is 12.9. The number of carbonyl (C=O) groups is 2. The minimum absolute atomic E-state index is 0.0337. The van der Waals surface area contributed by atoms with Crippen LogP contribution in [0.2, 0.25) is 0 Å². The molecule has 1 spiro atoms. The molecule has 2 unspecified atom stereocenters. The van der Waals surface area contributed by atoms with Crippen molar-refractivity contribution in [3.63, 3.8) is 0 Å². The lowest BCUT2D eigenvalue weighted by Crippen LogP contribution is -2.47. The maximum Gasteiger partial charge on any atom is 0.264 e. The average Bonchev–Trinajstić information content (AvgIpc) is 3.39. The van der Waals surface area contributed by atoms with Gasteiger partial charge in [-0.3, -0.25) is 19.0 Å². The minimum atomic E-state index is -0.544. The van der Waals surface area contributed by atoms with E-state index in [4.69, 9.17) is 9.47 Å². The van der Waals surface area contributed by atoms with Crippen molar-refractivity contribution in [2.24, 2.45) is 11.8 Å². The lowest BCUT2D eigenvalue weighted by Gasteiger charge is -2.37. The molecule has 184 valence electrons. The summed E-state index contributed by atoms with van der Waals surface area (Å²) in [5.74, 6) is 0.206. The van der Waals surface area contributed by atoms with E-state index in [9.17, 15) is 14.4 Å². The predicted molar refractivity (Wildman–Crippen MR) is 128 cm³/mol. The smallest absolute Gasteiger partial charge is 0.264 e. The summed E-state index contributed by atoms with van der Waals surface area (Å²) in [4.78, 5) is 48.6. The average molecular weight is 489 g/mol. The van der Waals surface area contributed by atoms with Gasteiger partial charge < -0.3 is 19.3 Å². The summed E-state index contributed by atoms with van der Waals surface area (Å²) in [5.41, 5.74) is 0.368. The van der Waals surface area contributed by atoms with Crippen LogP contribution in [0.25, 0.3) is 10.2 Å². The van der Waals surface area contributed by atoms with Gasteiger partial charge in [0.2, 0.25) is 5.91 Å². The highest BCUT2D eigenvalue weighted by molar-refractivity contribution is 7.20. The van der Waals surface area contributed by atoms with E-state index in [2.05, 4.69) is 18.8 Å². The second kappa shape index (κ2) is 9.05. The first-order valence-electron chi connectivity index (χ1n) is 12.1. The zero-order valence-corrected chi connectivity index (χ0v) is 20.9. The molecule has 0 aromatic carbocycles. The number of ether oxygens (including phenoxy) is 2. The fraction of sp³-hybridized carbons (Fsp3) is 0.667. The van der Waals surface area contributed by atoms with Crippen molar-refractivity contribution in [2.75, 3.05) is 39.4 Å². The predicted octanol–water partition coefficient (Wildman–Crippen LogP) is 2.25. The van der Waals surface area contributed by atoms with E-state index in [0.29, 0.717) is 71.6 Å². The van der Waals surface area contributed by atoms with Gasteiger partial charge in [-0.25, -0.2) is 4.98 Å². The van der Waals surface area contributed by atoms with E-state index in [-0.39, 0.29) is 23.9 Å². The Morgan fingerprint density at radius 1 is 1.12 bits per heavy atom. The number of fused-ring (bicyclic) bond motifs is 1. The van der Waals surface area contributed by atoms with Gasteiger partial charge in [-0.2, -0.15) is 0 Å². The second-order valence-corrected chi connectivity index (χ2v) is 11.1. The lowest BCUT2D eigenvalue weighted by molar-refractivity contribution is -0.181. The van der Waals surface area contributed by atoms with Crippen LogP contribution in [-0.4, -0.2) is 76.3 Å². The van der Waals surface area contributed by atoms with Gasteiger partial charge in [0, 0.05) is 39.0 Å². The molecule has 0 radical (unpaired) electrons. The van der Waals surface area contributed by atoms with Crippen LogP contribution < -0.4 is 5.56 Å². The van der Waals surface area contributed by atoms with E-state index >= 15 is 0 Å². The summed E-state index contributed by atoms with van der Waals surface area (Å²) in [6.45, 7) is 9.79. The normalized spacial score (nSPS) is 24.8. The molecule has 10 heteroatoms. The number of hydrogen-bond acceptors (Lipinski definition) is 7. The number of rotatable bonds is 3. The second-order valence-electron chi connectivity index (χ2n) is 10.1. The number of amides is 2. The van der Waals surface area contributed by atoms with Crippen LogP contribution in [0, 0.1) is 18.8 Å². The number of aryl methyl sites for hydroxylation is 1. The summed E-state index contributed by atoms with van der Waals surface area (Å²) in [5, 5.41) is 0.431. The van der Waals surface area contributed by atoms with Crippen LogP contribution in [-0.2, 0) is 20.8 Å². The van der Waals surface area contributed by atoms with Gasteiger partial charge in [0.1, 0.15) is 11.4 Å². The van der Waals surface area contributed by atoms with Gasteiger partial charge in [0.25, 0.3) is 11.5 Å². The zero-order valence-electron chi connectivity index (χ0n) is 20.0. The van der Waals surface area contributed by atoms with E-state index in [1.807, 2.05) is 4.90 Å². The molecule has 2 aromatic rings. The lowest BCUT2D eigenvalue weighted by atomic mass is 9.92. The molecule has 3 aliphatic heterocycles. The van der Waals surface area contributed by atoms with Gasteiger partial charge in [-0.05, 0) is 30.7 Å². The van der Waals surface area contributed by atoms with Crippen LogP contribution in [0.3, 0.4) is 0 Å². The van der Waals surface area contributed by atoms with E-state index in [0.717, 1.165) is 19.5 Å². The zero-order chi connectivity index (χ0) is 24.0. The maximum absolute atomic E-state index is 13.3. The topological polar surface area (TPSA) is 94.0 Å². The highest BCUT2D eigenvalue weighted by Gasteiger charge is 2.41. The molecule has 0 aliphatic carbocycles. The Morgan fingerprint density at radius 2 is 1.76 bits per heavy atom. The van der Waals surface area contributed by atoms with Crippen LogP contribution in [0.15, 0.2) is 11.1 Å². The van der Waals surface area contributed by atoms with Crippen LogP contribution >= 0.6 is 11.3 Å². The van der Waals surface area contributed by atoms with Crippen molar-refractivity contribution >= 4 is 33.4 Å². The molecule has 0 bridgehead atoms. The number of carbonyl (C=O) groups excluding carboxylic acids is 2. The Kier molecular flexibility index (Phi) is 6.24. The number of piperidine rings is 2. The highest BCUT2D eigenvalue weighted by Crippen LogP contribution is 2.34. The van der Waals surface area contributed by atoms with Crippen molar-refractivity contribution in [3.05, 3.63) is 27.1 Å². The number of aromatic nitrogens is 2. The number of thiophene rings is 1. The molecule has 34 heavy (non-hydrogen) atoms. The van der Waals surface area contributed by atoms with E-state index < -0.39 is 5.79 Å². The molecule has 5 rings (SSSR count). The summed E-state index contributed by atoms with van der Waals surface area (Å²) in [7, 11) is 0. The molecule has 3 saturated heterocycles. The van der Waals surface area contributed by atoms with Crippen molar-refractivity contribution in [3.8, 4) is 0 Å². The first kappa shape index (κ1) is 23.4. The summed E-state index contributed by atoms with van der Waals surface area (Å²) < 4.78 is 12.9. The van der Waals surface area contributed by atoms with Gasteiger partial charge in [0.15, 0.2) is 5.79 Å². The standard InChI is InChI=1S/C24H32N4O5S/c1-15-10-16(2)12-27(11-15)18(29)13-28-14-25-21-19(22(28)30)17(3)20(34-21)23(31)26-6-4-24(5-7-26)32-8-9-33-24/h14-16H,4-13H2,1-3H3. The Morgan fingerprint density at radius 3 is 2.41 bits per heavy atom. The molecule has 3 fully saturated rings. The SMILES string of the molecule is Cc1c(C(=O)N2CCC3(CC2)OCCO3)sc2ncn(CC(=O)N3CC(C)CC(C)C3)c(=O)c12. The summed E-state index contributed by atoms with van der Waals surface area (Å²) >= 11 is 1.25. The molecule has 5 heterocycles. The van der Waals surface area contributed by atoms with Crippen molar-refractivity contribution < 1.29 is 19.1 Å². The highest BCUT2D eigenvalue weighted by atomic mass is 32.1. The van der Waals surface area contributed by atoms with Gasteiger partial charge >= 0.3 is 0 Å². The number of hydrogen-bond donors (Lipinski definition) is 0. The van der Waals surface area contributed by atoms with Crippen LogP contribution in [0.4, 0.5) is 0 Å². The summed E-state index contributed by atoms with van der Waals surface area (Å²) in [6.07, 6.45) is 3.83. The Bertz CT molecular complexity index is 1150. The largest absolute Gasteiger partial charge is 0.347 e. The van der Waals surface area contributed by atoms with Crippen LogP contribution in [0.1, 0.15) is 48.3 Å². The third-order valence-electron chi connectivity index (χ3n) is 7.26. The van der Waals surface area contributed by atoms with Gasteiger partial charge in [-0.15, -0.1) is 11.3 Å². The molecular formula is C24H32N4O5S. The monoisotopic (exact) mass is 488 g/mol. The molecule has 3 aliphatic rings. The minimum Gasteiger partial charge on any atom is -0.347 e. The quantitative estimate of drug-likeness (QED) is 0.658. The molecule has 9 nitrogen and oxygen atoms in total. The Labute approximate surface area is 202 Å². The summed E-state index contributed by atoms with van der Waals surface area (Å²) in [6, 6.07) is 0. The Hall–Kier alpha value is -2.30. The third-order valence-corrected chi connectivity index (χ3v) is 8.45. The molecule has 2 atom stereocenters. The Balaban J connectivity index is 1.34. The van der Waals surface area contributed by atoms with Crippen molar-refractivity contribution in [1.82, 2.24) is 19.4 Å². The number of nitrogens with zero attached hydrogens (tertiary/aromatic N) is 4. The molecule has 2 aromatic heterocycles. The number of likely N-dealkylation sites (tertiary alicyclic amines) is 2. The van der Waals surface area contributed by atoms with Crippen LogP contribution in [0.5, 0.6) is 0 Å². The maximum atomic E-state index is 13.3. The van der Waals surface area contributed by atoms with Gasteiger partial charge in [0.05, 0.1) is 29.8 Å². The van der Waals surface area contributed by atoms with Gasteiger partial charge in [-0.1, -0.05) is 13.8 Å². The van der Waals surface area contributed by atoms with Crippen molar-refractivity contribution in [1.29, 1.82) is 0 Å².